The number of aromatic nitrogens is 1. The third-order valence-corrected chi connectivity index (χ3v) is 3.53. The molecule has 2 heterocycles. The summed E-state index contributed by atoms with van der Waals surface area (Å²) >= 11 is 3.40. The maximum atomic E-state index is 12.5. The molecule has 104 valence electrons. The molecule has 0 aromatic carbocycles. The molecule has 0 spiro atoms. The molecule has 0 aliphatic carbocycles. The van der Waals surface area contributed by atoms with Crippen molar-refractivity contribution in [1.29, 1.82) is 0 Å². The highest BCUT2D eigenvalue weighted by molar-refractivity contribution is 9.10. The van der Waals surface area contributed by atoms with Crippen LogP contribution < -0.4 is 5.32 Å². The minimum absolute atomic E-state index is 0.0730. The number of hydrogen-bond donors (Lipinski definition) is 1. The van der Waals surface area contributed by atoms with E-state index < -0.39 is 0 Å². The Hall–Kier alpha value is -1.30. The van der Waals surface area contributed by atoms with Crippen molar-refractivity contribution >= 4 is 27.7 Å². The molecule has 2 amide bonds. The predicted molar refractivity (Wildman–Crippen MR) is 76.0 cm³/mol. The summed E-state index contributed by atoms with van der Waals surface area (Å²) in [6.45, 7) is 4.27. The highest BCUT2D eigenvalue weighted by atomic mass is 79.9. The number of hydrogen-bond acceptors (Lipinski definition) is 2. The highest BCUT2D eigenvalue weighted by Crippen LogP contribution is 2.17. The second-order valence-electron chi connectivity index (χ2n) is 4.67. The molecule has 0 unspecified atom stereocenters. The van der Waals surface area contributed by atoms with E-state index in [2.05, 4.69) is 28.2 Å². The Morgan fingerprint density at radius 3 is 3.05 bits per heavy atom. The van der Waals surface area contributed by atoms with Crippen LogP contribution in [-0.4, -0.2) is 40.9 Å². The zero-order valence-electron chi connectivity index (χ0n) is 11.0. The van der Waals surface area contributed by atoms with Crippen LogP contribution in [0.4, 0.5) is 0 Å². The van der Waals surface area contributed by atoms with Gasteiger partial charge in [0.05, 0.1) is 6.54 Å². The molecule has 19 heavy (non-hydrogen) atoms. The van der Waals surface area contributed by atoms with Crippen LogP contribution in [-0.2, 0) is 11.3 Å². The molecule has 0 atom stereocenters. The second kappa shape index (κ2) is 6.23. The summed E-state index contributed by atoms with van der Waals surface area (Å²) in [6, 6.07) is 1.82. The molecular formula is C13H18BrN3O2. The molecule has 1 aliphatic heterocycles. The van der Waals surface area contributed by atoms with Crippen LogP contribution >= 0.6 is 15.9 Å². The number of nitrogens with zero attached hydrogens (tertiary/aromatic N) is 2. The average molecular weight is 328 g/mol. The van der Waals surface area contributed by atoms with Gasteiger partial charge in [0, 0.05) is 30.3 Å². The fraction of sp³-hybridized carbons (Fsp3) is 0.538. The summed E-state index contributed by atoms with van der Waals surface area (Å²) in [4.78, 5) is 25.7. The predicted octanol–water partition coefficient (Wildman–Crippen LogP) is 1.62. The number of aryl methyl sites for hydroxylation is 1. The molecule has 0 saturated carbocycles. The van der Waals surface area contributed by atoms with Crippen LogP contribution in [0.3, 0.4) is 0 Å². The number of halogens is 1. The van der Waals surface area contributed by atoms with Crippen molar-refractivity contribution in [2.75, 3.05) is 19.6 Å². The van der Waals surface area contributed by atoms with E-state index in [1.807, 2.05) is 16.8 Å². The van der Waals surface area contributed by atoms with E-state index in [1.54, 1.807) is 4.90 Å². The van der Waals surface area contributed by atoms with Gasteiger partial charge in [0.15, 0.2) is 0 Å². The SMILES string of the molecule is CCCn1cc(Br)cc1C(=O)N1CCCNC(=O)C1. The first-order valence-corrected chi connectivity index (χ1v) is 7.32. The zero-order chi connectivity index (χ0) is 13.8. The van der Waals surface area contributed by atoms with Gasteiger partial charge in [0.25, 0.3) is 5.91 Å². The first kappa shape index (κ1) is 14.1. The summed E-state index contributed by atoms with van der Waals surface area (Å²) < 4.78 is 2.83. The molecule has 1 fully saturated rings. The van der Waals surface area contributed by atoms with Gasteiger partial charge in [0.1, 0.15) is 5.69 Å². The summed E-state index contributed by atoms with van der Waals surface area (Å²) in [7, 11) is 0. The van der Waals surface area contributed by atoms with Crippen LogP contribution in [0, 0.1) is 0 Å². The maximum Gasteiger partial charge on any atom is 0.270 e. The van der Waals surface area contributed by atoms with Crippen LogP contribution in [0.15, 0.2) is 16.7 Å². The van der Waals surface area contributed by atoms with Gasteiger partial charge < -0.3 is 14.8 Å². The molecule has 2 rings (SSSR count). The van der Waals surface area contributed by atoms with Crippen molar-refractivity contribution < 1.29 is 9.59 Å². The van der Waals surface area contributed by atoms with Crippen molar-refractivity contribution in [1.82, 2.24) is 14.8 Å². The largest absolute Gasteiger partial charge is 0.354 e. The van der Waals surface area contributed by atoms with Crippen molar-refractivity contribution in [3.63, 3.8) is 0 Å². The topological polar surface area (TPSA) is 54.3 Å². The molecule has 1 aromatic heterocycles. The molecule has 5 nitrogen and oxygen atoms in total. The van der Waals surface area contributed by atoms with Gasteiger partial charge in [-0.05, 0) is 34.8 Å². The monoisotopic (exact) mass is 327 g/mol. The van der Waals surface area contributed by atoms with E-state index in [0.717, 1.165) is 23.9 Å². The van der Waals surface area contributed by atoms with Gasteiger partial charge in [-0.2, -0.15) is 0 Å². The average Bonchev–Trinajstić information content (AvgIpc) is 2.59. The van der Waals surface area contributed by atoms with Crippen molar-refractivity contribution in [2.24, 2.45) is 0 Å². The molecule has 1 aliphatic rings. The Morgan fingerprint density at radius 2 is 2.32 bits per heavy atom. The van der Waals surface area contributed by atoms with Gasteiger partial charge in [-0.1, -0.05) is 6.92 Å². The van der Waals surface area contributed by atoms with Gasteiger partial charge in [-0.15, -0.1) is 0 Å². The van der Waals surface area contributed by atoms with Crippen LogP contribution in [0.25, 0.3) is 0 Å². The zero-order valence-corrected chi connectivity index (χ0v) is 12.6. The fourth-order valence-electron chi connectivity index (χ4n) is 2.22. The van der Waals surface area contributed by atoms with E-state index in [1.165, 1.54) is 0 Å². The number of nitrogens with one attached hydrogen (secondary N) is 1. The minimum Gasteiger partial charge on any atom is -0.354 e. The van der Waals surface area contributed by atoms with Crippen molar-refractivity contribution in [2.45, 2.75) is 26.3 Å². The lowest BCUT2D eigenvalue weighted by molar-refractivity contribution is -0.121. The van der Waals surface area contributed by atoms with Crippen molar-refractivity contribution in [3.8, 4) is 0 Å². The standard InChI is InChI=1S/C13H18BrN3O2/c1-2-5-16-8-10(14)7-11(16)13(19)17-6-3-4-15-12(18)9-17/h7-8H,2-6,9H2,1H3,(H,15,18). The van der Waals surface area contributed by atoms with Gasteiger partial charge in [0.2, 0.25) is 5.91 Å². The second-order valence-corrected chi connectivity index (χ2v) is 5.58. The summed E-state index contributed by atoms with van der Waals surface area (Å²) in [6.07, 6.45) is 3.67. The normalized spacial score (nSPS) is 16.1. The third-order valence-electron chi connectivity index (χ3n) is 3.10. The van der Waals surface area contributed by atoms with Crippen LogP contribution in [0.2, 0.25) is 0 Å². The third kappa shape index (κ3) is 3.37. The molecule has 1 saturated heterocycles. The molecular weight excluding hydrogens is 310 g/mol. The highest BCUT2D eigenvalue weighted by Gasteiger charge is 2.23. The first-order chi connectivity index (χ1) is 9.11. The fourth-order valence-corrected chi connectivity index (χ4v) is 2.69. The van der Waals surface area contributed by atoms with Crippen LogP contribution in [0.1, 0.15) is 30.3 Å². The quantitative estimate of drug-likeness (QED) is 0.917. The Morgan fingerprint density at radius 1 is 1.53 bits per heavy atom. The molecule has 6 heteroatoms. The van der Waals surface area contributed by atoms with Gasteiger partial charge in [-0.3, -0.25) is 9.59 Å². The van der Waals surface area contributed by atoms with E-state index >= 15 is 0 Å². The molecule has 1 N–H and O–H groups in total. The summed E-state index contributed by atoms with van der Waals surface area (Å²) in [5, 5.41) is 2.78. The molecule has 0 bridgehead atoms. The Labute approximate surface area is 121 Å². The first-order valence-electron chi connectivity index (χ1n) is 6.53. The Balaban J connectivity index is 2.20. The lowest BCUT2D eigenvalue weighted by atomic mass is 10.3. The molecule has 1 aromatic rings. The number of amides is 2. The van der Waals surface area contributed by atoms with E-state index in [-0.39, 0.29) is 18.4 Å². The Kier molecular flexibility index (Phi) is 4.63. The molecule has 0 radical (unpaired) electrons. The van der Waals surface area contributed by atoms with E-state index in [9.17, 15) is 9.59 Å². The smallest absolute Gasteiger partial charge is 0.270 e. The lowest BCUT2D eigenvalue weighted by Gasteiger charge is -2.19. The van der Waals surface area contributed by atoms with Gasteiger partial charge in [-0.25, -0.2) is 0 Å². The van der Waals surface area contributed by atoms with E-state index in [4.69, 9.17) is 0 Å². The number of rotatable bonds is 3. The maximum absolute atomic E-state index is 12.5. The summed E-state index contributed by atoms with van der Waals surface area (Å²) in [5.41, 5.74) is 0.642. The van der Waals surface area contributed by atoms with Crippen LogP contribution in [0.5, 0.6) is 0 Å². The van der Waals surface area contributed by atoms with Crippen molar-refractivity contribution in [3.05, 3.63) is 22.4 Å². The summed E-state index contributed by atoms with van der Waals surface area (Å²) in [5.74, 6) is -0.158. The van der Waals surface area contributed by atoms with E-state index in [0.29, 0.717) is 18.8 Å². The number of carbonyl (C=O) groups is 2. The minimum atomic E-state index is -0.0847. The Bertz CT molecular complexity index is 484. The number of carbonyl (C=O) groups excluding carboxylic acids is 2. The van der Waals surface area contributed by atoms with Gasteiger partial charge >= 0.3 is 0 Å². The lowest BCUT2D eigenvalue weighted by Crippen LogP contribution is -2.38.